The average molecular weight is 302 g/mol. The summed E-state index contributed by atoms with van der Waals surface area (Å²) in [5, 5.41) is 10.1. The van der Waals surface area contributed by atoms with Crippen LogP contribution in [0.1, 0.15) is 42.9 Å². The predicted molar refractivity (Wildman–Crippen MR) is 84.3 cm³/mol. The van der Waals surface area contributed by atoms with Gasteiger partial charge in [0.2, 0.25) is 0 Å². The van der Waals surface area contributed by atoms with Gasteiger partial charge in [-0.3, -0.25) is 4.79 Å². The smallest absolute Gasteiger partial charge is 0.159 e. The van der Waals surface area contributed by atoms with Crippen molar-refractivity contribution < 1.29 is 14.6 Å². The lowest BCUT2D eigenvalue weighted by Crippen LogP contribution is -2.24. The number of benzene rings is 1. The van der Waals surface area contributed by atoms with Gasteiger partial charge in [-0.25, -0.2) is 4.98 Å². The Balaban J connectivity index is 1.92. The maximum absolute atomic E-state index is 11.3. The molecule has 1 aromatic heterocycles. The van der Waals surface area contributed by atoms with Crippen LogP contribution < -0.4 is 4.74 Å². The van der Waals surface area contributed by atoms with E-state index in [9.17, 15) is 9.90 Å². The standard InChI is InChI=1S/C17H22N2O3/c1-12(2)17-18-7-8-19(17)10-15(21)11-22-16-6-4-5-14(9-16)13(3)20/h4-9,12,15,21H,10-11H2,1-3H3. The van der Waals surface area contributed by atoms with E-state index in [0.29, 0.717) is 23.8 Å². The second-order valence-electron chi connectivity index (χ2n) is 5.64. The minimum Gasteiger partial charge on any atom is -0.491 e. The highest BCUT2D eigenvalue weighted by atomic mass is 16.5. The number of rotatable bonds is 7. The van der Waals surface area contributed by atoms with E-state index in [2.05, 4.69) is 18.8 Å². The Hall–Kier alpha value is -2.14. The number of ketones is 1. The van der Waals surface area contributed by atoms with Crippen molar-refractivity contribution in [3.8, 4) is 5.75 Å². The van der Waals surface area contributed by atoms with E-state index in [1.807, 2.05) is 10.8 Å². The molecule has 0 fully saturated rings. The van der Waals surface area contributed by atoms with E-state index in [-0.39, 0.29) is 12.4 Å². The zero-order valence-corrected chi connectivity index (χ0v) is 13.2. The Morgan fingerprint density at radius 2 is 2.18 bits per heavy atom. The molecular formula is C17H22N2O3. The van der Waals surface area contributed by atoms with Crippen LogP contribution in [0.4, 0.5) is 0 Å². The molecule has 118 valence electrons. The van der Waals surface area contributed by atoms with E-state index in [1.54, 1.807) is 30.5 Å². The molecule has 0 aliphatic heterocycles. The minimum absolute atomic E-state index is 0.00834. The predicted octanol–water partition coefficient (Wildman–Crippen LogP) is 2.65. The summed E-state index contributed by atoms with van der Waals surface area (Å²) in [5.41, 5.74) is 0.601. The maximum Gasteiger partial charge on any atom is 0.159 e. The zero-order valence-electron chi connectivity index (χ0n) is 13.2. The van der Waals surface area contributed by atoms with Gasteiger partial charge in [0, 0.05) is 23.9 Å². The third-order valence-electron chi connectivity index (χ3n) is 3.35. The monoisotopic (exact) mass is 302 g/mol. The van der Waals surface area contributed by atoms with Gasteiger partial charge in [-0.05, 0) is 19.1 Å². The molecule has 5 nitrogen and oxygen atoms in total. The first-order valence-corrected chi connectivity index (χ1v) is 7.40. The number of hydrogen-bond acceptors (Lipinski definition) is 4. The van der Waals surface area contributed by atoms with Gasteiger partial charge in [-0.2, -0.15) is 0 Å². The Morgan fingerprint density at radius 3 is 2.86 bits per heavy atom. The molecule has 0 radical (unpaired) electrons. The number of nitrogens with zero attached hydrogens (tertiary/aromatic N) is 2. The molecule has 0 saturated carbocycles. The Labute approximate surface area is 130 Å². The highest BCUT2D eigenvalue weighted by Crippen LogP contribution is 2.15. The van der Waals surface area contributed by atoms with Gasteiger partial charge in [0.05, 0.1) is 6.54 Å². The van der Waals surface area contributed by atoms with Crippen LogP contribution in [0.5, 0.6) is 5.75 Å². The molecule has 1 atom stereocenters. The van der Waals surface area contributed by atoms with Gasteiger partial charge < -0.3 is 14.4 Å². The minimum atomic E-state index is -0.646. The van der Waals surface area contributed by atoms with Crippen LogP contribution in [-0.2, 0) is 6.54 Å². The molecular weight excluding hydrogens is 280 g/mol. The van der Waals surface area contributed by atoms with Crippen molar-refractivity contribution in [3.63, 3.8) is 0 Å². The van der Waals surface area contributed by atoms with Crippen LogP contribution in [0.2, 0.25) is 0 Å². The number of aromatic nitrogens is 2. The number of carbonyl (C=O) groups excluding carboxylic acids is 1. The Morgan fingerprint density at radius 1 is 1.41 bits per heavy atom. The fourth-order valence-corrected chi connectivity index (χ4v) is 2.25. The fourth-order valence-electron chi connectivity index (χ4n) is 2.25. The number of imidazole rings is 1. The van der Waals surface area contributed by atoms with Gasteiger partial charge in [0.1, 0.15) is 24.3 Å². The summed E-state index contributed by atoms with van der Waals surface area (Å²) in [6.07, 6.45) is 2.95. The molecule has 0 spiro atoms. The third-order valence-corrected chi connectivity index (χ3v) is 3.35. The first kappa shape index (κ1) is 16.2. The van der Waals surface area contributed by atoms with Crippen LogP contribution in [0.15, 0.2) is 36.7 Å². The molecule has 0 aliphatic rings. The number of Topliss-reactive ketones (excluding diaryl/α,β-unsaturated/α-hetero) is 1. The molecule has 5 heteroatoms. The first-order chi connectivity index (χ1) is 10.5. The van der Waals surface area contributed by atoms with Crippen molar-refractivity contribution in [2.45, 2.75) is 39.3 Å². The number of aliphatic hydroxyl groups excluding tert-OH is 1. The normalized spacial score (nSPS) is 12.4. The molecule has 0 bridgehead atoms. The maximum atomic E-state index is 11.3. The quantitative estimate of drug-likeness (QED) is 0.799. The van der Waals surface area contributed by atoms with E-state index in [0.717, 1.165) is 5.82 Å². The van der Waals surface area contributed by atoms with Gasteiger partial charge in [0.15, 0.2) is 5.78 Å². The molecule has 1 heterocycles. The molecule has 1 unspecified atom stereocenters. The van der Waals surface area contributed by atoms with Crippen molar-refractivity contribution in [2.75, 3.05) is 6.61 Å². The molecule has 0 aliphatic carbocycles. The van der Waals surface area contributed by atoms with Gasteiger partial charge in [0.25, 0.3) is 0 Å². The van der Waals surface area contributed by atoms with Crippen molar-refractivity contribution in [3.05, 3.63) is 48.0 Å². The number of carbonyl (C=O) groups is 1. The van der Waals surface area contributed by atoms with Crippen LogP contribution in [0.25, 0.3) is 0 Å². The summed E-state index contributed by atoms with van der Waals surface area (Å²) in [5.74, 6) is 1.82. The summed E-state index contributed by atoms with van der Waals surface area (Å²) >= 11 is 0. The highest BCUT2D eigenvalue weighted by Gasteiger charge is 2.12. The largest absolute Gasteiger partial charge is 0.491 e. The lowest BCUT2D eigenvalue weighted by molar-refractivity contribution is 0.0914. The molecule has 2 rings (SSSR count). The van der Waals surface area contributed by atoms with Crippen molar-refractivity contribution in [1.29, 1.82) is 0 Å². The third kappa shape index (κ3) is 4.18. The Bertz CT molecular complexity index is 634. The van der Waals surface area contributed by atoms with Crippen LogP contribution in [-0.4, -0.2) is 33.2 Å². The van der Waals surface area contributed by atoms with Gasteiger partial charge in [-0.15, -0.1) is 0 Å². The van der Waals surface area contributed by atoms with Gasteiger partial charge in [-0.1, -0.05) is 26.0 Å². The fraction of sp³-hybridized carbons (Fsp3) is 0.412. The highest BCUT2D eigenvalue weighted by molar-refractivity contribution is 5.94. The summed E-state index contributed by atoms with van der Waals surface area (Å²) in [6.45, 7) is 6.24. The number of ether oxygens (including phenoxy) is 1. The van der Waals surface area contributed by atoms with E-state index in [4.69, 9.17) is 4.74 Å². The molecule has 1 aromatic carbocycles. The molecule has 22 heavy (non-hydrogen) atoms. The average Bonchev–Trinajstić information content (AvgIpc) is 2.93. The summed E-state index contributed by atoms with van der Waals surface area (Å²) in [7, 11) is 0. The second kappa shape index (κ2) is 7.22. The van der Waals surface area contributed by atoms with Crippen molar-refractivity contribution in [2.24, 2.45) is 0 Å². The van der Waals surface area contributed by atoms with Crippen molar-refractivity contribution >= 4 is 5.78 Å². The summed E-state index contributed by atoms with van der Waals surface area (Å²) in [4.78, 5) is 15.6. The Kier molecular flexibility index (Phi) is 5.33. The van der Waals surface area contributed by atoms with Crippen LogP contribution >= 0.6 is 0 Å². The lowest BCUT2D eigenvalue weighted by Gasteiger charge is -2.16. The topological polar surface area (TPSA) is 64.3 Å². The summed E-state index contributed by atoms with van der Waals surface area (Å²) < 4.78 is 7.51. The number of hydrogen-bond donors (Lipinski definition) is 1. The van der Waals surface area contributed by atoms with Gasteiger partial charge >= 0.3 is 0 Å². The SMILES string of the molecule is CC(=O)c1cccc(OCC(O)Cn2ccnc2C(C)C)c1. The van der Waals surface area contributed by atoms with Crippen molar-refractivity contribution in [1.82, 2.24) is 9.55 Å². The lowest BCUT2D eigenvalue weighted by atomic mass is 10.1. The zero-order chi connectivity index (χ0) is 16.1. The molecule has 0 saturated heterocycles. The van der Waals surface area contributed by atoms with Crippen LogP contribution in [0, 0.1) is 0 Å². The molecule has 1 N–H and O–H groups in total. The second-order valence-corrected chi connectivity index (χ2v) is 5.64. The summed E-state index contributed by atoms with van der Waals surface area (Å²) in [6, 6.07) is 6.97. The first-order valence-electron chi connectivity index (χ1n) is 7.40. The van der Waals surface area contributed by atoms with E-state index in [1.165, 1.54) is 6.92 Å². The molecule has 0 amide bonds. The van der Waals surface area contributed by atoms with Crippen LogP contribution in [0.3, 0.4) is 0 Å². The number of aliphatic hydroxyl groups is 1. The molecule has 2 aromatic rings. The van der Waals surface area contributed by atoms with E-state index >= 15 is 0 Å². The van der Waals surface area contributed by atoms with E-state index < -0.39 is 6.10 Å².